The van der Waals surface area contributed by atoms with Crippen LogP contribution in [0.25, 0.3) is 0 Å². The zero-order valence-electron chi connectivity index (χ0n) is 17.8. The highest BCUT2D eigenvalue weighted by molar-refractivity contribution is 6.14. The van der Waals surface area contributed by atoms with Crippen LogP contribution in [0.3, 0.4) is 0 Å². The second-order valence-corrected chi connectivity index (χ2v) is 7.26. The number of amides is 2. The maximum atomic E-state index is 13.0. The monoisotopic (exact) mass is 444 g/mol. The van der Waals surface area contributed by atoms with Gasteiger partial charge in [-0.3, -0.25) is 24.0 Å². The van der Waals surface area contributed by atoms with Crippen LogP contribution in [0.1, 0.15) is 62.9 Å². The molecule has 3 aromatic carbocycles. The highest BCUT2D eigenvalue weighted by atomic mass is 16.3. The van der Waals surface area contributed by atoms with Gasteiger partial charge in [0.1, 0.15) is 5.75 Å². The maximum absolute atomic E-state index is 13.0. The molecular weight excluding hydrogens is 424 g/mol. The van der Waals surface area contributed by atoms with Crippen molar-refractivity contribution in [3.8, 4) is 5.75 Å². The van der Waals surface area contributed by atoms with E-state index in [4.69, 9.17) is 0 Å². The Morgan fingerprint density at radius 3 is 2.09 bits per heavy atom. The zero-order chi connectivity index (χ0) is 24.1. The number of phenolic OH excluding ortho intramolecular Hbond substituents is 1. The highest BCUT2D eigenvalue weighted by Crippen LogP contribution is 2.22. The first-order valence-electron chi connectivity index (χ1n) is 9.84. The number of anilines is 1. The van der Waals surface area contributed by atoms with Gasteiger partial charge in [-0.1, -0.05) is 18.2 Å². The topological polar surface area (TPSA) is 130 Å². The fourth-order valence-corrected chi connectivity index (χ4v) is 3.34. The molecule has 8 heteroatoms. The van der Waals surface area contributed by atoms with E-state index in [9.17, 15) is 29.1 Å². The molecule has 0 bridgehead atoms. The van der Waals surface area contributed by atoms with Gasteiger partial charge in [-0.25, -0.2) is 0 Å². The number of aldehydes is 2. The Hall–Kier alpha value is -4.59. The van der Waals surface area contributed by atoms with Gasteiger partial charge in [-0.15, -0.1) is 0 Å². The Bertz CT molecular complexity index is 1280. The molecule has 0 radical (unpaired) electrons. The third-order valence-corrected chi connectivity index (χ3v) is 4.92. The fourth-order valence-electron chi connectivity index (χ4n) is 3.34. The minimum atomic E-state index is -0.585. The number of phenols is 1. The van der Waals surface area contributed by atoms with Crippen molar-refractivity contribution in [3.05, 3.63) is 93.5 Å². The first kappa shape index (κ1) is 23.1. The molecule has 0 aliphatic carbocycles. The number of aryl methyl sites for hydroxylation is 1. The minimum Gasteiger partial charge on any atom is -0.508 e. The molecule has 3 aromatic rings. The summed E-state index contributed by atoms with van der Waals surface area (Å²) in [5, 5.41) is 14.7. The summed E-state index contributed by atoms with van der Waals surface area (Å²) in [6.07, 6.45) is 0.982. The summed E-state index contributed by atoms with van der Waals surface area (Å²) in [6.45, 7) is 1.75. The van der Waals surface area contributed by atoms with Gasteiger partial charge in [0, 0.05) is 41.1 Å². The lowest BCUT2D eigenvalue weighted by Crippen LogP contribution is -2.20. The summed E-state index contributed by atoms with van der Waals surface area (Å²) in [5.41, 5.74) is 1.58. The van der Waals surface area contributed by atoms with Gasteiger partial charge in [-0.2, -0.15) is 0 Å². The largest absolute Gasteiger partial charge is 0.508 e. The van der Waals surface area contributed by atoms with E-state index in [-0.39, 0.29) is 39.1 Å². The van der Waals surface area contributed by atoms with Crippen molar-refractivity contribution < 1.29 is 29.1 Å². The summed E-state index contributed by atoms with van der Waals surface area (Å²) >= 11 is 0. The lowest BCUT2D eigenvalue weighted by Gasteiger charge is -2.11. The molecule has 33 heavy (non-hydrogen) atoms. The zero-order valence-corrected chi connectivity index (χ0v) is 17.8. The predicted octanol–water partition coefficient (Wildman–Crippen LogP) is 3.17. The first-order chi connectivity index (χ1) is 15.8. The average Bonchev–Trinajstić information content (AvgIpc) is 2.81. The van der Waals surface area contributed by atoms with Crippen LogP contribution < -0.4 is 10.6 Å². The number of rotatable bonds is 7. The quantitative estimate of drug-likeness (QED) is 0.379. The van der Waals surface area contributed by atoms with Crippen LogP contribution >= 0.6 is 0 Å². The van der Waals surface area contributed by atoms with Crippen LogP contribution in [0.2, 0.25) is 0 Å². The number of hydrogen-bond acceptors (Lipinski definition) is 6. The third kappa shape index (κ3) is 5.01. The van der Waals surface area contributed by atoms with Crippen LogP contribution in [0.4, 0.5) is 5.69 Å². The summed E-state index contributed by atoms with van der Waals surface area (Å²) < 4.78 is 0. The molecule has 0 unspecified atom stereocenters. The van der Waals surface area contributed by atoms with Crippen molar-refractivity contribution in [3.63, 3.8) is 0 Å². The van der Waals surface area contributed by atoms with E-state index in [0.29, 0.717) is 18.3 Å². The number of benzene rings is 3. The number of nitrogens with one attached hydrogen (secondary N) is 2. The second-order valence-electron chi connectivity index (χ2n) is 7.26. The van der Waals surface area contributed by atoms with Crippen LogP contribution in [-0.4, -0.2) is 42.3 Å². The second kappa shape index (κ2) is 9.69. The summed E-state index contributed by atoms with van der Waals surface area (Å²) in [7, 11) is 1.41. The molecule has 0 aliphatic rings. The Kier molecular flexibility index (Phi) is 6.78. The highest BCUT2D eigenvalue weighted by Gasteiger charge is 2.18. The molecule has 0 aliphatic heterocycles. The van der Waals surface area contributed by atoms with E-state index in [0.717, 1.165) is 5.56 Å². The first-order valence-corrected chi connectivity index (χ1v) is 9.84. The molecule has 0 saturated heterocycles. The van der Waals surface area contributed by atoms with E-state index >= 15 is 0 Å². The minimum absolute atomic E-state index is 0.00809. The lowest BCUT2D eigenvalue weighted by atomic mass is 9.95. The van der Waals surface area contributed by atoms with Crippen molar-refractivity contribution in [2.45, 2.75) is 6.92 Å². The Balaban J connectivity index is 1.92. The number of aromatic hydroxyl groups is 1. The van der Waals surface area contributed by atoms with Crippen molar-refractivity contribution in [1.82, 2.24) is 5.32 Å². The van der Waals surface area contributed by atoms with Gasteiger partial charge >= 0.3 is 0 Å². The predicted molar refractivity (Wildman–Crippen MR) is 121 cm³/mol. The van der Waals surface area contributed by atoms with Gasteiger partial charge in [0.15, 0.2) is 18.4 Å². The van der Waals surface area contributed by atoms with E-state index in [1.165, 1.54) is 55.6 Å². The van der Waals surface area contributed by atoms with Gasteiger partial charge in [-0.05, 0) is 42.8 Å². The summed E-state index contributed by atoms with van der Waals surface area (Å²) in [4.78, 5) is 60.5. The molecule has 0 saturated carbocycles. The molecule has 3 rings (SSSR count). The van der Waals surface area contributed by atoms with Gasteiger partial charge < -0.3 is 15.7 Å². The van der Waals surface area contributed by atoms with Crippen LogP contribution in [0.15, 0.2) is 54.6 Å². The molecule has 3 N–H and O–H groups in total. The number of hydrogen-bond donors (Lipinski definition) is 3. The van der Waals surface area contributed by atoms with Crippen molar-refractivity contribution in [2.24, 2.45) is 0 Å². The summed E-state index contributed by atoms with van der Waals surface area (Å²) in [6, 6.07) is 12.7. The fraction of sp³-hybridized carbons (Fsp3) is 0.0800. The van der Waals surface area contributed by atoms with E-state index in [1.54, 1.807) is 13.0 Å². The molecule has 0 spiro atoms. The molecule has 0 atom stereocenters. The molecule has 8 nitrogen and oxygen atoms in total. The standard InChI is InChI=1S/C25H20N2O6/c1-14-7-19(11-20(30)8-14)27-25(33)21-6-5-15(9-18(21)13-29)23(31)16-3-4-17(12-28)22(10-16)24(32)26-2/h3-13,30H,1-2H3,(H,26,32)(H,27,33). The van der Waals surface area contributed by atoms with Crippen LogP contribution in [0, 0.1) is 6.92 Å². The number of carbonyl (C=O) groups is 5. The molecular formula is C25H20N2O6. The van der Waals surface area contributed by atoms with Gasteiger partial charge in [0.2, 0.25) is 0 Å². The Morgan fingerprint density at radius 1 is 0.788 bits per heavy atom. The van der Waals surface area contributed by atoms with E-state index in [2.05, 4.69) is 10.6 Å². The number of carbonyl (C=O) groups excluding carboxylic acids is 5. The molecule has 0 heterocycles. The van der Waals surface area contributed by atoms with Crippen molar-refractivity contribution in [2.75, 3.05) is 12.4 Å². The van der Waals surface area contributed by atoms with Gasteiger partial charge in [0.25, 0.3) is 11.8 Å². The SMILES string of the molecule is CNC(=O)c1cc(C(=O)c2ccc(C(=O)Nc3cc(C)cc(O)c3)c(C=O)c2)ccc1C=O. The third-order valence-electron chi connectivity index (χ3n) is 4.92. The Morgan fingerprint density at radius 2 is 1.45 bits per heavy atom. The van der Waals surface area contributed by atoms with Crippen LogP contribution in [-0.2, 0) is 0 Å². The lowest BCUT2D eigenvalue weighted by molar-refractivity contribution is 0.0956. The number of ketones is 1. The average molecular weight is 444 g/mol. The van der Waals surface area contributed by atoms with Crippen molar-refractivity contribution >= 4 is 35.9 Å². The molecule has 2 amide bonds. The molecule has 0 aromatic heterocycles. The smallest absolute Gasteiger partial charge is 0.256 e. The van der Waals surface area contributed by atoms with E-state index in [1.807, 2.05) is 0 Å². The maximum Gasteiger partial charge on any atom is 0.256 e. The van der Waals surface area contributed by atoms with Crippen LogP contribution in [0.5, 0.6) is 5.75 Å². The van der Waals surface area contributed by atoms with Crippen molar-refractivity contribution in [1.29, 1.82) is 0 Å². The van der Waals surface area contributed by atoms with Gasteiger partial charge in [0.05, 0.1) is 11.1 Å². The molecule has 0 fully saturated rings. The normalized spacial score (nSPS) is 10.2. The Labute approximate surface area is 189 Å². The molecule has 166 valence electrons. The summed E-state index contributed by atoms with van der Waals surface area (Å²) in [5.74, 6) is -1.61. The van der Waals surface area contributed by atoms with E-state index < -0.39 is 17.6 Å².